The molecule has 22 heavy (non-hydrogen) atoms. The third-order valence-electron chi connectivity index (χ3n) is 4.50. The number of aryl methyl sites for hydroxylation is 1. The largest absolute Gasteiger partial charge is 0.355 e. The second-order valence-corrected chi connectivity index (χ2v) is 6.26. The summed E-state index contributed by atoms with van der Waals surface area (Å²) in [5, 5.41) is 3.49. The molecule has 0 aromatic heterocycles. The molecule has 0 bridgehead atoms. The maximum Gasteiger partial charge on any atom is 0.136 e. The molecule has 2 nitrogen and oxygen atoms in total. The van der Waals surface area contributed by atoms with Crippen molar-refractivity contribution in [2.24, 2.45) is 5.92 Å². The van der Waals surface area contributed by atoms with Gasteiger partial charge in [-0.25, -0.2) is 0 Å². The van der Waals surface area contributed by atoms with Crippen LogP contribution >= 0.6 is 0 Å². The zero-order valence-corrected chi connectivity index (χ0v) is 13.1. The molecule has 1 fully saturated rings. The first kappa shape index (κ1) is 14.8. The molecule has 1 saturated carbocycles. The van der Waals surface area contributed by atoms with E-state index in [1.54, 1.807) is 0 Å². The number of nitrogens with one attached hydrogen (secondary N) is 1. The Hall–Kier alpha value is -2.09. The summed E-state index contributed by atoms with van der Waals surface area (Å²) in [5.74, 6) is 0.645. The van der Waals surface area contributed by atoms with Crippen molar-refractivity contribution in [1.82, 2.24) is 0 Å². The van der Waals surface area contributed by atoms with Crippen LogP contribution in [0, 0.1) is 12.8 Å². The number of carbonyl (C=O) groups is 1. The van der Waals surface area contributed by atoms with E-state index in [0.29, 0.717) is 5.78 Å². The first-order valence-corrected chi connectivity index (χ1v) is 8.17. The highest BCUT2D eigenvalue weighted by atomic mass is 16.1. The van der Waals surface area contributed by atoms with Gasteiger partial charge in [0.2, 0.25) is 0 Å². The van der Waals surface area contributed by atoms with Crippen molar-refractivity contribution in [2.75, 3.05) is 5.32 Å². The van der Waals surface area contributed by atoms with Crippen LogP contribution in [0.2, 0.25) is 0 Å². The molecule has 0 aliphatic heterocycles. The molecule has 1 N–H and O–H groups in total. The molecule has 1 unspecified atom stereocenters. The van der Waals surface area contributed by atoms with Gasteiger partial charge in [-0.15, -0.1) is 0 Å². The Morgan fingerprint density at radius 3 is 2.59 bits per heavy atom. The van der Waals surface area contributed by atoms with Gasteiger partial charge in [-0.05, 0) is 49.9 Å². The summed E-state index contributed by atoms with van der Waals surface area (Å²) in [6, 6.07) is 16.7. The SMILES string of the molecule is Cc1ccc(Nc2ccccc2CC2CCCCC2=O)cc1. The highest BCUT2D eigenvalue weighted by Gasteiger charge is 2.23. The van der Waals surface area contributed by atoms with Crippen molar-refractivity contribution >= 4 is 17.2 Å². The summed E-state index contributed by atoms with van der Waals surface area (Å²) in [5.41, 5.74) is 4.70. The van der Waals surface area contributed by atoms with Crippen LogP contribution in [-0.2, 0) is 11.2 Å². The lowest BCUT2D eigenvalue weighted by molar-refractivity contribution is -0.124. The molecule has 3 rings (SSSR count). The predicted octanol–water partition coefficient (Wildman–Crippen LogP) is 5.04. The van der Waals surface area contributed by atoms with Crippen LogP contribution in [0.25, 0.3) is 0 Å². The minimum Gasteiger partial charge on any atom is -0.355 e. The van der Waals surface area contributed by atoms with E-state index in [1.165, 1.54) is 17.5 Å². The van der Waals surface area contributed by atoms with Crippen LogP contribution in [0.4, 0.5) is 11.4 Å². The van der Waals surface area contributed by atoms with Gasteiger partial charge in [-0.1, -0.05) is 42.3 Å². The second-order valence-electron chi connectivity index (χ2n) is 6.26. The Morgan fingerprint density at radius 2 is 1.82 bits per heavy atom. The van der Waals surface area contributed by atoms with Crippen LogP contribution in [-0.4, -0.2) is 5.78 Å². The number of Topliss-reactive ketones (excluding diaryl/α,β-unsaturated/α-hetero) is 1. The topological polar surface area (TPSA) is 29.1 Å². The normalized spacial score (nSPS) is 18.2. The molecule has 0 heterocycles. The summed E-state index contributed by atoms with van der Waals surface area (Å²) < 4.78 is 0. The summed E-state index contributed by atoms with van der Waals surface area (Å²) in [6.07, 6.45) is 4.91. The van der Waals surface area contributed by atoms with Gasteiger partial charge in [-0.3, -0.25) is 4.79 Å². The van der Waals surface area contributed by atoms with Gasteiger partial charge in [0.15, 0.2) is 0 Å². The van der Waals surface area contributed by atoms with E-state index in [-0.39, 0.29) is 5.92 Å². The number of para-hydroxylation sites is 1. The molecule has 2 aromatic rings. The number of ketones is 1. The smallest absolute Gasteiger partial charge is 0.136 e. The van der Waals surface area contributed by atoms with E-state index in [4.69, 9.17) is 0 Å². The minimum atomic E-state index is 0.203. The number of hydrogen-bond acceptors (Lipinski definition) is 2. The van der Waals surface area contributed by atoms with Gasteiger partial charge in [-0.2, -0.15) is 0 Å². The van der Waals surface area contributed by atoms with E-state index in [2.05, 4.69) is 54.7 Å². The fraction of sp³-hybridized carbons (Fsp3) is 0.350. The standard InChI is InChI=1S/C20H23NO/c1-15-10-12-18(13-11-15)21-19-8-4-2-6-16(19)14-17-7-3-5-9-20(17)22/h2,4,6,8,10-13,17,21H,3,5,7,9,14H2,1H3. The van der Waals surface area contributed by atoms with E-state index in [1.807, 2.05) is 6.07 Å². The predicted molar refractivity (Wildman–Crippen MR) is 91.6 cm³/mol. The summed E-state index contributed by atoms with van der Waals surface area (Å²) in [7, 11) is 0. The molecule has 1 aliphatic rings. The Kier molecular flexibility index (Phi) is 4.57. The van der Waals surface area contributed by atoms with Gasteiger partial charge in [0, 0.05) is 23.7 Å². The molecule has 0 amide bonds. The van der Waals surface area contributed by atoms with E-state index in [9.17, 15) is 4.79 Å². The molecular weight excluding hydrogens is 270 g/mol. The summed E-state index contributed by atoms with van der Waals surface area (Å²) in [4.78, 5) is 12.1. The Bertz CT molecular complexity index is 645. The van der Waals surface area contributed by atoms with Gasteiger partial charge >= 0.3 is 0 Å². The van der Waals surface area contributed by atoms with Gasteiger partial charge in [0.05, 0.1) is 0 Å². The number of carbonyl (C=O) groups excluding carboxylic acids is 1. The van der Waals surface area contributed by atoms with E-state index < -0.39 is 0 Å². The quantitative estimate of drug-likeness (QED) is 0.855. The lowest BCUT2D eigenvalue weighted by atomic mass is 9.83. The monoisotopic (exact) mass is 293 g/mol. The Morgan fingerprint density at radius 1 is 1.05 bits per heavy atom. The number of benzene rings is 2. The van der Waals surface area contributed by atoms with Crippen molar-refractivity contribution in [3.05, 3.63) is 59.7 Å². The third-order valence-corrected chi connectivity index (χ3v) is 4.50. The van der Waals surface area contributed by atoms with Gasteiger partial charge < -0.3 is 5.32 Å². The molecule has 2 aromatic carbocycles. The van der Waals surface area contributed by atoms with Crippen LogP contribution in [0.5, 0.6) is 0 Å². The number of hydrogen-bond donors (Lipinski definition) is 1. The van der Waals surface area contributed by atoms with Crippen LogP contribution in [0.1, 0.15) is 36.8 Å². The average molecular weight is 293 g/mol. The van der Waals surface area contributed by atoms with Crippen molar-refractivity contribution in [1.29, 1.82) is 0 Å². The molecule has 1 aliphatic carbocycles. The fourth-order valence-corrected chi connectivity index (χ4v) is 3.15. The average Bonchev–Trinajstić information content (AvgIpc) is 2.53. The van der Waals surface area contributed by atoms with E-state index in [0.717, 1.165) is 37.1 Å². The molecule has 114 valence electrons. The molecule has 1 atom stereocenters. The highest BCUT2D eigenvalue weighted by molar-refractivity contribution is 5.82. The first-order chi connectivity index (χ1) is 10.7. The molecule has 0 saturated heterocycles. The lowest BCUT2D eigenvalue weighted by Gasteiger charge is -2.22. The third kappa shape index (κ3) is 3.56. The van der Waals surface area contributed by atoms with Gasteiger partial charge in [0.25, 0.3) is 0 Å². The first-order valence-electron chi connectivity index (χ1n) is 8.17. The Labute approximate surface area is 132 Å². The minimum absolute atomic E-state index is 0.203. The van der Waals surface area contributed by atoms with Crippen molar-refractivity contribution in [3.63, 3.8) is 0 Å². The van der Waals surface area contributed by atoms with Gasteiger partial charge in [0.1, 0.15) is 5.78 Å². The van der Waals surface area contributed by atoms with Crippen LogP contribution in [0.15, 0.2) is 48.5 Å². The molecule has 2 heteroatoms. The van der Waals surface area contributed by atoms with E-state index >= 15 is 0 Å². The maximum absolute atomic E-state index is 12.1. The molecular formula is C20H23NO. The molecule has 0 radical (unpaired) electrons. The highest BCUT2D eigenvalue weighted by Crippen LogP contribution is 2.28. The van der Waals surface area contributed by atoms with Crippen molar-refractivity contribution in [3.8, 4) is 0 Å². The zero-order chi connectivity index (χ0) is 15.4. The summed E-state index contributed by atoms with van der Waals surface area (Å²) in [6.45, 7) is 2.09. The van der Waals surface area contributed by atoms with Crippen LogP contribution in [0.3, 0.4) is 0 Å². The zero-order valence-electron chi connectivity index (χ0n) is 13.1. The van der Waals surface area contributed by atoms with Crippen molar-refractivity contribution < 1.29 is 4.79 Å². The molecule has 0 spiro atoms. The summed E-state index contributed by atoms with van der Waals surface area (Å²) >= 11 is 0. The fourth-order valence-electron chi connectivity index (χ4n) is 3.15. The Balaban J connectivity index is 1.77. The van der Waals surface area contributed by atoms with Crippen LogP contribution < -0.4 is 5.32 Å². The lowest BCUT2D eigenvalue weighted by Crippen LogP contribution is -2.21. The maximum atomic E-state index is 12.1. The second kappa shape index (κ2) is 6.78. The number of anilines is 2. The number of rotatable bonds is 4. The van der Waals surface area contributed by atoms with Crippen molar-refractivity contribution in [2.45, 2.75) is 39.0 Å².